The molecule has 1 aromatic carbocycles. The lowest BCUT2D eigenvalue weighted by Gasteiger charge is -2.15. The molecule has 0 saturated carbocycles. The zero-order valence-electron chi connectivity index (χ0n) is 13.0. The van der Waals surface area contributed by atoms with Gasteiger partial charge in [-0.25, -0.2) is 13.8 Å². The summed E-state index contributed by atoms with van der Waals surface area (Å²) in [6.45, 7) is 0. The van der Waals surface area contributed by atoms with Crippen LogP contribution in [0.25, 0.3) is 22.0 Å². The van der Waals surface area contributed by atoms with Crippen molar-refractivity contribution in [3.05, 3.63) is 45.9 Å². The molecule has 0 spiro atoms. The number of rotatable bonds is 3. The maximum atomic E-state index is 14.2. The molecule has 3 rings (SSSR count). The van der Waals surface area contributed by atoms with E-state index >= 15 is 0 Å². The van der Waals surface area contributed by atoms with Gasteiger partial charge in [0.15, 0.2) is 5.82 Å². The van der Waals surface area contributed by atoms with Crippen molar-refractivity contribution in [2.75, 3.05) is 18.6 Å². The van der Waals surface area contributed by atoms with E-state index < -0.39 is 17.2 Å². The number of fused-ring (bicyclic) bond motifs is 1. The maximum absolute atomic E-state index is 14.2. The van der Waals surface area contributed by atoms with Gasteiger partial charge in [-0.1, -0.05) is 6.07 Å². The highest BCUT2D eigenvalue weighted by atomic mass is 19.1. The van der Waals surface area contributed by atoms with Crippen molar-refractivity contribution in [3.8, 4) is 17.0 Å². The van der Waals surface area contributed by atoms with Crippen LogP contribution in [0.2, 0.25) is 0 Å². The molecule has 0 bridgehead atoms. The molecule has 0 aliphatic heterocycles. The number of benzene rings is 1. The van der Waals surface area contributed by atoms with E-state index in [0.29, 0.717) is 0 Å². The maximum Gasteiger partial charge on any atom is 0.272 e. The molecule has 0 amide bonds. The fourth-order valence-electron chi connectivity index (χ4n) is 2.67. The number of pyridine rings is 2. The molecule has 2 heterocycles. The fourth-order valence-corrected chi connectivity index (χ4v) is 2.67. The molecular weight excluding hydrogens is 332 g/mol. The second-order valence-corrected chi connectivity index (χ2v) is 5.17. The lowest BCUT2D eigenvalue weighted by molar-refractivity contribution is 0.402. The number of nitrogens with two attached hydrogens (primary N) is 2. The molecule has 0 fully saturated rings. The molecule has 25 heavy (non-hydrogen) atoms. The van der Waals surface area contributed by atoms with E-state index in [1.807, 2.05) is 0 Å². The average molecular weight is 345 g/mol. The summed E-state index contributed by atoms with van der Waals surface area (Å²) >= 11 is 0. The number of aromatic amines is 1. The summed E-state index contributed by atoms with van der Waals surface area (Å²) in [5.74, 6) is -1.51. The van der Waals surface area contributed by atoms with Crippen molar-refractivity contribution in [1.29, 1.82) is 5.41 Å². The zero-order valence-corrected chi connectivity index (χ0v) is 13.0. The van der Waals surface area contributed by atoms with Gasteiger partial charge in [0, 0.05) is 17.3 Å². The van der Waals surface area contributed by atoms with Crippen LogP contribution in [0.5, 0.6) is 5.88 Å². The monoisotopic (exact) mass is 345 g/mol. The van der Waals surface area contributed by atoms with E-state index in [0.717, 1.165) is 18.5 Å². The number of nitrogen functional groups attached to an aromatic ring is 2. The number of H-pyrrole nitrogens is 1. The third-order valence-electron chi connectivity index (χ3n) is 3.84. The predicted molar refractivity (Wildman–Crippen MR) is 91.0 cm³/mol. The minimum Gasteiger partial charge on any atom is -0.480 e. The number of hydrogen-bond acceptors (Lipinski definition) is 6. The Kier molecular flexibility index (Phi) is 3.84. The normalized spacial score (nSPS) is 10.8. The molecule has 9 heteroatoms. The van der Waals surface area contributed by atoms with Crippen molar-refractivity contribution in [2.45, 2.75) is 0 Å². The highest BCUT2D eigenvalue weighted by Gasteiger charge is 2.22. The first-order valence-corrected chi connectivity index (χ1v) is 7.03. The fraction of sp³-hybridized carbons (Fsp3) is 0.0625. The van der Waals surface area contributed by atoms with E-state index in [1.54, 1.807) is 0 Å². The van der Waals surface area contributed by atoms with Gasteiger partial charge in [-0.2, -0.15) is 0 Å². The summed E-state index contributed by atoms with van der Waals surface area (Å²) in [5.41, 5.74) is 10.4. The highest BCUT2D eigenvalue weighted by Crippen LogP contribution is 2.39. The van der Waals surface area contributed by atoms with Crippen LogP contribution in [0.3, 0.4) is 0 Å². The topological polar surface area (TPSA) is 131 Å². The SMILES string of the molecule is COc1ncc(F)c2[nH]c(=O)c(N)c(-c3ccc(F)c(N)c3C=N)c12. The summed E-state index contributed by atoms with van der Waals surface area (Å²) in [4.78, 5) is 18.3. The van der Waals surface area contributed by atoms with Gasteiger partial charge in [-0.05, 0) is 11.6 Å². The standard InChI is InChI=1S/C16H13F2N5O2/c1-25-16-11-10(6-2-3-8(17)12(20)7(6)4-19)13(21)15(24)23-14(11)9(18)5-22-16/h2-5,19H,20-21H2,1H3,(H,23,24). The number of hydrogen-bond donors (Lipinski definition) is 4. The Morgan fingerprint density at radius 3 is 2.60 bits per heavy atom. The van der Waals surface area contributed by atoms with E-state index in [1.165, 1.54) is 13.2 Å². The van der Waals surface area contributed by atoms with Gasteiger partial charge in [0.2, 0.25) is 5.88 Å². The van der Waals surface area contributed by atoms with Gasteiger partial charge >= 0.3 is 0 Å². The summed E-state index contributed by atoms with van der Waals surface area (Å²) in [6.07, 6.45) is 1.73. The van der Waals surface area contributed by atoms with E-state index in [4.69, 9.17) is 21.6 Å². The molecule has 0 radical (unpaired) electrons. The molecule has 0 aliphatic rings. The van der Waals surface area contributed by atoms with Crippen molar-refractivity contribution >= 4 is 28.5 Å². The number of nitrogens with zero attached hydrogens (tertiary/aromatic N) is 1. The Morgan fingerprint density at radius 1 is 1.24 bits per heavy atom. The molecule has 2 aromatic heterocycles. The van der Waals surface area contributed by atoms with Gasteiger partial charge in [0.1, 0.15) is 11.5 Å². The summed E-state index contributed by atoms with van der Waals surface area (Å²) in [6, 6.07) is 2.38. The first-order chi connectivity index (χ1) is 11.9. The summed E-state index contributed by atoms with van der Waals surface area (Å²) in [7, 11) is 1.32. The molecule has 0 unspecified atom stereocenters. The first-order valence-electron chi connectivity index (χ1n) is 7.03. The van der Waals surface area contributed by atoms with Gasteiger partial charge in [-0.15, -0.1) is 0 Å². The van der Waals surface area contributed by atoms with E-state index in [9.17, 15) is 13.6 Å². The van der Waals surface area contributed by atoms with Crippen LogP contribution >= 0.6 is 0 Å². The number of nitrogens with one attached hydrogen (secondary N) is 2. The lowest BCUT2D eigenvalue weighted by atomic mass is 9.94. The second-order valence-electron chi connectivity index (χ2n) is 5.17. The van der Waals surface area contributed by atoms with E-state index in [-0.39, 0.29) is 44.8 Å². The summed E-state index contributed by atoms with van der Waals surface area (Å²) < 4.78 is 33.1. The van der Waals surface area contributed by atoms with Gasteiger partial charge in [0.05, 0.1) is 29.9 Å². The van der Waals surface area contributed by atoms with Crippen LogP contribution in [0.1, 0.15) is 5.56 Å². The third-order valence-corrected chi connectivity index (χ3v) is 3.84. The predicted octanol–water partition coefficient (Wildman–Crippen LogP) is 2.04. The molecular formula is C16H13F2N5O2. The van der Waals surface area contributed by atoms with Crippen LogP contribution in [0.15, 0.2) is 23.1 Å². The third kappa shape index (κ3) is 2.36. The number of halogens is 2. The van der Waals surface area contributed by atoms with Gasteiger partial charge < -0.3 is 26.6 Å². The van der Waals surface area contributed by atoms with Gasteiger partial charge in [0.25, 0.3) is 5.56 Å². The average Bonchev–Trinajstić information content (AvgIpc) is 2.60. The van der Waals surface area contributed by atoms with Crippen molar-refractivity contribution in [3.63, 3.8) is 0 Å². The molecule has 0 saturated heterocycles. The minimum atomic E-state index is -0.791. The number of aromatic nitrogens is 2. The Labute approximate surface area is 139 Å². The first kappa shape index (κ1) is 16.4. The molecule has 6 N–H and O–H groups in total. The van der Waals surface area contributed by atoms with Crippen LogP contribution in [-0.4, -0.2) is 23.3 Å². The molecule has 0 aliphatic carbocycles. The summed E-state index contributed by atoms with van der Waals surface area (Å²) in [5, 5.41) is 7.62. The van der Waals surface area contributed by atoms with Crippen molar-refractivity contribution in [2.24, 2.45) is 0 Å². The molecule has 128 valence electrons. The van der Waals surface area contributed by atoms with Crippen LogP contribution in [0, 0.1) is 17.0 Å². The molecule has 3 aromatic rings. The smallest absolute Gasteiger partial charge is 0.272 e. The van der Waals surface area contributed by atoms with Crippen molar-refractivity contribution in [1.82, 2.24) is 9.97 Å². The molecule has 0 atom stereocenters. The largest absolute Gasteiger partial charge is 0.480 e. The Bertz CT molecular complexity index is 1080. The number of anilines is 2. The van der Waals surface area contributed by atoms with Crippen LogP contribution in [-0.2, 0) is 0 Å². The Morgan fingerprint density at radius 2 is 1.96 bits per heavy atom. The van der Waals surface area contributed by atoms with Crippen LogP contribution < -0.4 is 21.8 Å². The quantitative estimate of drug-likeness (QED) is 0.426. The lowest BCUT2D eigenvalue weighted by Crippen LogP contribution is -2.15. The van der Waals surface area contributed by atoms with Gasteiger partial charge in [-0.3, -0.25) is 4.79 Å². The second kappa shape index (κ2) is 5.86. The Balaban J connectivity index is 2.60. The number of ether oxygens (including phenoxy) is 1. The zero-order chi connectivity index (χ0) is 18.3. The van der Waals surface area contributed by atoms with Crippen molar-refractivity contribution < 1.29 is 13.5 Å². The highest BCUT2D eigenvalue weighted by molar-refractivity contribution is 6.08. The molecule has 7 nitrogen and oxygen atoms in total. The van der Waals surface area contributed by atoms with Crippen LogP contribution in [0.4, 0.5) is 20.2 Å². The Hall–Kier alpha value is -3.49. The number of methoxy groups -OCH3 is 1. The van der Waals surface area contributed by atoms with E-state index in [2.05, 4.69) is 9.97 Å². The minimum absolute atomic E-state index is 0.00455.